The van der Waals surface area contributed by atoms with Gasteiger partial charge in [-0.1, -0.05) is 12.2 Å². The predicted octanol–water partition coefficient (Wildman–Crippen LogP) is 0.913. The van der Waals surface area contributed by atoms with Crippen molar-refractivity contribution in [3.8, 4) is 0 Å². The SMILES string of the molecule is [CH]1[CH]OC/C=C\CO1. The minimum atomic E-state index is 0.653. The molecular formula is C6H8O2. The quantitative estimate of drug-likeness (QED) is 0.434. The Kier molecular flexibility index (Phi) is 2.63. The third kappa shape index (κ3) is 2.09. The zero-order chi connectivity index (χ0) is 5.66. The van der Waals surface area contributed by atoms with Gasteiger partial charge in [0.15, 0.2) is 0 Å². The fraction of sp³-hybridized carbons (Fsp3) is 0.333. The van der Waals surface area contributed by atoms with Crippen LogP contribution in [0.1, 0.15) is 0 Å². The largest absolute Gasteiger partial charge is 0.369 e. The molecular weight excluding hydrogens is 104 g/mol. The van der Waals surface area contributed by atoms with Crippen LogP contribution in [0.3, 0.4) is 0 Å². The normalized spacial score (nSPS) is 26.0. The molecule has 2 radical (unpaired) electrons. The van der Waals surface area contributed by atoms with Crippen LogP contribution in [0.2, 0.25) is 0 Å². The molecule has 1 heterocycles. The van der Waals surface area contributed by atoms with E-state index in [4.69, 9.17) is 9.47 Å². The summed E-state index contributed by atoms with van der Waals surface area (Å²) in [4.78, 5) is 0. The lowest BCUT2D eigenvalue weighted by molar-refractivity contribution is 0.156. The Labute approximate surface area is 49.1 Å². The molecule has 1 aliphatic rings. The van der Waals surface area contributed by atoms with Crippen LogP contribution in [-0.2, 0) is 9.47 Å². The molecule has 0 aromatic carbocycles. The van der Waals surface area contributed by atoms with Crippen molar-refractivity contribution in [2.45, 2.75) is 0 Å². The van der Waals surface area contributed by atoms with Gasteiger partial charge in [-0.25, -0.2) is 0 Å². The highest BCUT2D eigenvalue weighted by molar-refractivity contribution is 4.85. The fourth-order valence-corrected chi connectivity index (χ4v) is 0.437. The van der Waals surface area contributed by atoms with E-state index in [0.717, 1.165) is 0 Å². The van der Waals surface area contributed by atoms with E-state index < -0.39 is 0 Å². The molecule has 0 N–H and O–H groups in total. The molecule has 0 aliphatic carbocycles. The summed E-state index contributed by atoms with van der Waals surface area (Å²) in [5, 5.41) is 0. The number of hydrogen-bond acceptors (Lipinski definition) is 2. The maximum absolute atomic E-state index is 4.88. The van der Waals surface area contributed by atoms with Gasteiger partial charge in [-0.3, -0.25) is 0 Å². The van der Waals surface area contributed by atoms with Crippen molar-refractivity contribution < 1.29 is 9.47 Å². The lowest BCUT2D eigenvalue weighted by Crippen LogP contribution is -1.97. The first kappa shape index (κ1) is 5.79. The highest BCUT2D eigenvalue weighted by Crippen LogP contribution is 1.94. The van der Waals surface area contributed by atoms with E-state index in [2.05, 4.69) is 0 Å². The van der Waals surface area contributed by atoms with Gasteiger partial charge in [-0.15, -0.1) is 0 Å². The third-order valence-corrected chi connectivity index (χ3v) is 0.800. The van der Waals surface area contributed by atoms with Gasteiger partial charge in [0, 0.05) is 0 Å². The summed E-state index contributed by atoms with van der Waals surface area (Å²) in [6.45, 7) is 4.40. The van der Waals surface area contributed by atoms with E-state index in [9.17, 15) is 0 Å². The van der Waals surface area contributed by atoms with Gasteiger partial charge in [0.2, 0.25) is 0 Å². The van der Waals surface area contributed by atoms with Crippen molar-refractivity contribution >= 4 is 0 Å². The minimum Gasteiger partial charge on any atom is -0.369 e. The van der Waals surface area contributed by atoms with Crippen LogP contribution in [0.4, 0.5) is 0 Å². The number of hydrogen-bond donors (Lipinski definition) is 0. The first-order valence-corrected chi connectivity index (χ1v) is 2.53. The van der Waals surface area contributed by atoms with Gasteiger partial charge in [0.05, 0.1) is 13.2 Å². The molecule has 0 bridgehead atoms. The van der Waals surface area contributed by atoms with Crippen LogP contribution in [0.25, 0.3) is 0 Å². The molecule has 0 spiro atoms. The Morgan fingerprint density at radius 1 is 0.875 bits per heavy atom. The van der Waals surface area contributed by atoms with Crippen LogP contribution in [-0.4, -0.2) is 13.2 Å². The Morgan fingerprint density at radius 2 is 1.38 bits per heavy atom. The zero-order valence-corrected chi connectivity index (χ0v) is 4.54. The molecule has 0 saturated heterocycles. The Bertz CT molecular complexity index is 68.6. The fourth-order valence-electron chi connectivity index (χ4n) is 0.437. The number of rotatable bonds is 0. The highest BCUT2D eigenvalue weighted by Gasteiger charge is 1.90. The zero-order valence-electron chi connectivity index (χ0n) is 4.54. The van der Waals surface area contributed by atoms with Gasteiger partial charge in [0.1, 0.15) is 13.2 Å². The van der Waals surface area contributed by atoms with E-state index in [-0.39, 0.29) is 0 Å². The van der Waals surface area contributed by atoms with Gasteiger partial charge in [0.25, 0.3) is 0 Å². The molecule has 44 valence electrons. The standard InChI is InChI=1S/C6H8O2/c1-2-4-8-6-5-7-3-1/h1-2,5-6H,3-4H2/b2-1-. The first-order chi connectivity index (χ1) is 4.00. The van der Waals surface area contributed by atoms with E-state index in [1.54, 1.807) is 13.2 Å². The van der Waals surface area contributed by atoms with E-state index in [0.29, 0.717) is 13.2 Å². The summed E-state index contributed by atoms with van der Waals surface area (Å²) in [5.74, 6) is 0. The van der Waals surface area contributed by atoms with Crippen molar-refractivity contribution in [3.05, 3.63) is 25.4 Å². The van der Waals surface area contributed by atoms with Crippen LogP contribution in [0, 0.1) is 13.2 Å². The molecule has 0 atom stereocenters. The van der Waals surface area contributed by atoms with E-state index in [1.165, 1.54) is 0 Å². The molecule has 2 nitrogen and oxygen atoms in total. The van der Waals surface area contributed by atoms with Gasteiger partial charge in [-0.2, -0.15) is 0 Å². The summed E-state index contributed by atoms with van der Waals surface area (Å²) < 4.78 is 9.76. The lowest BCUT2D eigenvalue weighted by atomic mass is 10.5. The highest BCUT2D eigenvalue weighted by atomic mass is 16.5. The second-order valence-corrected chi connectivity index (χ2v) is 1.41. The Morgan fingerprint density at radius 3 is 1.88 bits per heavy atom. The monoisotopic (exact) mass is 112 g/mol. The first-order valence-electron chi connectivity index (χ1n) is 2.53. The summed E-state index contributed by atoms with van der Waals surface area (Å²) in [6, 6.07) is 0. The van der Waals surface area contributed by atoms with Crippen LogP contribution < -0.4 is 0 Å². The van der Waals surface area contributed by atoms with Gasteiger partial charge >= 0.3 is 0 Å². The topological polar surface area (TPSA) is 18.5 Å². The Hall–Kier alpha value is -0.340. The van der Waals surface area contributed by atoms with Gasteiger partial charge in [-0.05, 0) is 0 Å². The van der Waals surface area contributed by atoms with E-state index in [1.807, 2.05) is 12.2 Å². The van der Waals surface area contributed by atoms with Crippen molar-refractivity contribution in [2.75, 3.05) is 13.2 Å². The lowest BCUT2D eigenvalue weighted by Gasteiger charge is -2.02. The smallest absolute Gasteiger partial charge is 0.115 e. The van der Waals surface area contributed by atoms with Crippen LogP contribution >= 0.6 is 0 Å². The molecule has 0 fully saturated rings. The summed E-state index contributed by atoms with van der Waals surface area (Å²) in [7, 11) is 0. The predicted molar refractivity (Wildman–Crippen MR) is 29.6 cm³/mol. The molecule has 0 aromatic heterocycles. The van der Waals surface area contributed by atoms with Crippen LogP contribution in [0.5, 0.6) is 0 Å². The second kappa shape index (κ2) is 3.64. The molecule has 0 aromatic rings. The molecule has 1 rings (SSSR count). The minimum absolute atomic E-state index is 0.653. The second-order valence-electron chi connectivity index (χ2n) is 1.41. The summed E-state index contributed by atoms with van der Waals surface area (Å²) in [6.07, 6.45) is 3.84. The summed E-state index contributed by atoms with van der Waals surface area (Å²) in [5.41, 5.74) is 0. The van der Waals surface area contributed by atoms with Gasteiger partial charge < -0.3 is 9.47 Å². The molecule has 0 unspecified atom stereocenters. The molecule has 0 amide bonds. The van der Waals surface area contributed by atoms with E-state index >= 15 is 0 Å². The maximum atomic E-state index is 4.88. The molecule has 0 saturated carbocycles. The third-order valence-electron chi connectivity index (χ3n) is 0.800. The average molecular weight is 112 g/mol. The summed E-state index contributed by atoms with van der Waals surface area (Å²) >= 11 is 0. The van der Waals surface area contributed by atoms with Crippen LogP contribution in [0.15, 0.2) is 12.2 Å². The maximum Gasteiger partial charge on any atom is 0.115 e. The Balaban J connectivity index is 2.17. The van der Waals surface area contributed by atoms with Crippen molar-refractivity contribution in [2.24, 2.45) is 0 Å². The van der Waals surface area contributed by atoms with Crippen molar-refractivity contribution in [1.82, 2.24) is 0 Å². The molecule has 2 heteroatoms. The molecule has 8 heavy (non-hydrogen) atoms. The van der Waals surface area contributed by atoms with Crippen molar-refractivity contribution in [3.63, 3.8) is 0 Å². The van der Waals surface area contributed by atoms with Crippen molar-refractivity contribution in [1.29, 1.82) is 0 Å². The number of ether oxygens (including phenoxy) is 2. The molecule has 1 aliphatic heterocycles. The average Bonchev–Trinajstić information content (AvgIpc) is 1.62.